The Kier molecular flexibility index (Phi) is 5.71. The first-order chi connectivity index (χ1) is 13.7. The van der Waals surface area contributed by atoms with Gasteiger partial charge in [0.15, 0.2) is 6.61 Å². The summed E-state index contributed by atoms with van der Waals surface area (Å²) in [6.45, 7) is 3.94. The second-order valence-corrected chi connectivity index (χ2v) is 8.68. The molecule has 0 spiro atoms. The third-order valence-electron chi connectivity index (χ3n) is 4.37. The van der Waals surface area contributed by atoms with Gasteiger partial charge in [-0.25, -0.2) is 12.7 Å². The Morgan fingerprint density at radius 1 is 1.24 bits per heavy atom. The van der Waals surface area contributed by atoms with Crippen molar-refractivity contribution >= 4 is 33.2 Å². The molecule has 152 valence electrons. The van der Waals surface area contributed by atoms with E-state index in [-0.39, 0.29) is 17.4 Å². The number of fused-ring (bicyclic) bond motifs is 1. The first-order valence-corrected chi connectivity index (χ1v) is 10.2. The zero-order valence-corrected chi connectivity index (χ0v) is 16.9. The maximum Gasteiger partial charge on any atom is 0.265 e. The summed E-state index contributed by atoms with van der Waals surface area (Å²) in [7, 11) is -0.682. The van der Waals surface area contributed by atoms with Crippen LogP contribution >= 0.6 is 0 Å². The Labute approximate surface area is 169 Å². The minimum Gasteiger partial charge on any atom is -0.482 e. The molecule has 0 aromatic heterocycles. The number of hydrogen-bond donors (Lipinski definition) is 1. The van der Waals surface area contributed by atoms with Crippen molar-refractivity contribution in [2.45, 2.75) is 4.90 Å². The van der Waals surface area contributed by atoms with Crippen LogP contribution in [0, 0.1) is 0 Å². The highest BCUT2D eigenvalue weighted by Gasteiger charge is 2.25. The molecule has 2 amide bonds. The van der Waals surface area contributed by atoms with Gasteiger partial charge in [-0.15, -0.1) is 6.58 Å². The van der Waals surface area contributed by atoms with Crippen molar-refractivity contribution in [1.82, 2.24) is 4.31 Å². The van der Waals surface area contributed by atoms with Crippen LogP contribution < -0.4 is 15.0 Å². The molecule has 0 unspecified atom stereocenters. The predicted octanol–water partition coefficient (Wildman–Crippen LogP) is 2.10. The van der Waals surface area contributed by atoms with Crippen LogP contribution in [0.5, 0.6) is 5.75 Å². The molecule has 29 heavy (non-hydrogen) atoms. The second-order valence-electron chi connectivity index (χ2n) is 6.53. The summed E-state index contributed by atoms with van der Waals surface area (Å²) < 4.78 is 30.8. The minimum atomic E-state index is -3.56. The van der Waals surface area contributed by atoms with Crippen LogP contribution in [0.4, 0.5) is 11.4 Å². The minimum absolute atomic E-state index is 0.0469. The second kappa shape index (κ2) is 8.06. The molecule has 0 bridgehead atoms. The molecule has 2 aromatic carbocycles. The zero-order valence-electron chi connectivity index (χ0n) is 16.1. The van der Waals surface area contributed by atoms with E-state index in [2.05, 4.69) is 11.9 Å². The Morgan fingerprint density at radius 2 is 1.93 bits per heavy atom. The van der Waals surface area contributed by atoms with E-state index in [0.29, 0.717) is 29.2 Å². The maximum absolute atomic E-state index is 12.5. The van der Waals surface area contributed by atoms with Gasteiger partial charge in [0, 0.05) is 31.9 Å². The summed E-state index contributed by atoms with van der Waals surface area (Å²) in [6, 6.07) is 10.7. The summed E-state index contributed by atoms with van der Waals surface area (Å²) in [6.07, 6.45) is 1.61. The van der Waals surface area contributed by atoms with Gasteiger partial charge in [0.05, 0.1) is 10.6 Å². The summed E-state index contributed by atoms with van der Waals surface area (Å²) in [5.41, 5.74) is 1.33. The van der Waals surface area contributed by atoms with E-state index in [1.54, 1.807) is 24.3 Å². The van der Waals surface area contributed by atoms with E-state index >= 15 is 0 Å². The van der Waals surface area contributed by atoms with Crippen LogP contribution in [0.15, 0.2) is 60.0 Å². The highest BCUT2D eigenvalue weighted by atomic mass is 32.2. The Morgan fingerprint density at radius 3 is 2.55 bits per heavy atom. The van der Waals surface area contributed by atoms with Gasteiger partial charge in [0.1, 0.15) is 5.75 Å². The number of rotatable bonds is 6. The van der Waals surface area contributed by atoms with Gasteiger partial charge in [-0.3, -0.25) is 9.59 Å². The lowest BCUT2D eigenvalue weighted by molar-refractivity contribution is -0.121. The average Bonchev–Trinajstić information content (AvgIpc) is 2.70. The third-order valence-corrected chi connectivity index (χ3v) is 6.20. The maximum atomic E-state index is 12.5. The Bertz CT molecular complexity index is 1060. The van der Waals surface area contributed by atoms with E-state index in [4.69, 9.17) is 4.74 Å². The normalized spacial score (nSPS) is 13.6. The standard InChI is InChI=1S/C20H21N3O5S/c1-4-11-23-17-12-15(7-10-18(17)28-13-19(23)24)21-20(25)14-5-8-16(9-6-14)29(26,27)22(2)3/h4-10,12H,1,11,13H2,2-3H3,(H,21,25). The molecular weight excluding hydrogens is 394 g/mol. The number of benzene rings is 2. The first kappa shape index (κ1) is 20.6. The zero-order chi connectivity index (χ0) is 21.2. The van der Waals surface area contributed by atoms with Crippen LogP contribution in [-0.4, -0.2) is 51.8 Å². The molecule has 2 aromatic rings. The third kappa shape index (κ3) is 4.15. The number of nitrogens with zero attached hydrogens (tertiary/aromatic N) is 2. The summed E-state index contributed by atoms with van der Waals surface area (Å²) in [4.78, 5) is 26.3. The number of anilines is 2. The number of carbonyl (C=O) groups is 2. The van der Waals surface area contributed by atoms with E-state index in [1.807, 2.05) is 0 Å². The van der Waals surface area contributed by atoms with Gasteiger partial charge >= 0.3 is 0 Å². The molecule has 9 heteroatoms. The lowest BCUT2D eigenvalue weighted by atomic mass is 10.1. The number of sulfonamides is 1. The van der Waals surface area contributed by atoms with Gasteiger partial charge in [-0.05, 0) is 42.5 Å². The van der Waals surface area contributed by atoms with E-state index in [0.717, 1.165) is 4.31 Å². The fourth-order valence-corrected chi connectivity index (χ4v) is 3.70. The number of amides is 2. The van der Waals surface area contributed by atoms with E-state index in [9.17, 15) is 18.0 Å². The number of nitrogens with one attached hydrogen (secondary N) is 1. The lowest BCUT2D eigenvalue weighted by Crippen LogP contribution is -2.38. The van der Waals surface area contributed by atoms with E-state index < -0.39 is 15.9 Å². The molecule has 0 aliphatic carbocycles. The van der Waals surface area contributed by atoms with Gasteiger partial charge < -0.3 is 15.0 Å². The number of ether oxygens (including phenoxy) is 1. The largest absolute Gasteiger partial charge is 0.482 e. The van der Waals surface area contributed by atoms with Gasteiger partial charge in [0.25, 0.3) is 11.8 Å². The van der Waals surface area contributed by atoms with Crippen molar-refractivity contribution in [2.75, 3.05) is 37.5 Å². The van der Waals surface area contributed by atoms with Crippen molar-refractivity contribution in [3.05, 3.63) is 60.7 Å². The van der Waals surface area contributed by atoms with Crippen LogP contribution in [0.3, 0.4) is 0 Å². The Balaban J connectivity index is 1.81. The highest BCUT2D eigenvalue weighted by molar-refractivity contribution is 7.89. The topological polar surface area (TPSA) is 96.0 Å². The fourth-order valence-electron chi connectivity index (χ4n) is 2.80. The van der Waals surface area contributed by atoms with Gasteiger partial charge in [0.2, 0.25) is 10.0 Å². The quantitative estimate of drug-likeness (QED) is 0.729. The van der Waals surface area contributed by atoms with Crippen molar-refractivity contribution in [3.63, 3.8) is 0 Å². The molecule has 1 aliphatic rings. The smallest absolute Gasteiger partial charge is 0.265 e. The Hall–Kier alpha value is -3.17. The first-order valence-electron chi connectivity index (χ1n) is 8.76. The molecular formula is C20H21N3O5S. The van der Waals surface area contributed by atoms with Crippen molar-refractivity contribution < 1.29 is 22.7 Å². The van der Waals surface area contributed by atoms with Gasteiger partial charge in [-0.2, -0.15) is 0 Å². The molecule has 0 fully saturated rings. The SMILES string of the molecule is C=CCN1C(=O)COc2ccc(NC(=O)c3ccc(S(=O)(=O)N(C)C)cc3)cc21. The molecule has 3 rings (SSSR count). The molecule has 8 nitrogen and oxygen atoms in total. The summed E-state index contributed by atoms with van der Waals surface area (Å²) >= 11 is 0. The number of hydrogen-bond acceptors (Lipinski definition) is 5. The average molecular weight is 415 g/mol. The highest BCUT2D eigenvalue weighted by Crippen LogP contribution is 2.34. The molecule has 1 heterocycles. The molecule has 0 saturated heterocycles. The van der Waals surface area contributed by atoms with Crippen molar-refractivity contribution in [2.24, 2.45) is 0 Å². The van der Waals surface area contributed by atoms with Crippen LogP contribution in [-0.2, 0) is 14.8 Å². The molecule has 1 aliphatic heterocycles. The fraction of sp³-hybridized carbons (Fsp3) is 0.200. The summed E-state index contributed by atoms with van der Waals surface area (Å²) in [5.74, 6) is -0.0571. The monoisotopic (exact) mass is 415 g/mol. The van der Waals surface area contributed by atoms with Crippen molar-refractivity contribution in [3.8, 4) is 5.75 Å². The predicted molar refractivity (Wildman–Crippen MR) is 110 cm³/mol. The molecule has 1 N–H and O–H groups in total. The lowest BCUT2D eigenvalue weighted by Gasteiger charge is -2.28. The van der Waals surface area contributed by atoms with Crippen LogP contribution in [0.1, 0.15) is 10.4 Å². The molecule has 0 atom stereocenters. The van der Waals surface area contributed by atoms with Crippen molar-refractivity contribution in [1.29, 1.82) is 0 Å². The van der Waals surface area contributed by atoms with E-state index in [1.165, 1.54) is 43.3 Å². The van der Waals surface area contributed by atoms with Gasteiger partial charge in [-0.1, -0.05) is 6.08 Å². The van der Waals surface area contributed by atoms with Crippen LogP contribution in [0.25, 0.3) is 0 Å². The van der Waals surface area contributed by atoms with Crippen LogP contribution in [0.2, 0.25) is 0 Å². The molecule has 0 radical (unpaired) electrons. The summed E-state index contributed by atoms with van der Waals surface area (Å²) in [5, 5.41) is 2.75. The molecule has 0 saturated carbocycles. The number of carbonyl (C=O) groups excluding carboxylic acids is 2.